The molecule has 4 nitrogen and oxygen atoms in total. The Kier molecular flexibility index (Phi) is 4.37. The Labute approximate surface area is 103 Å². The normalized spacial score (nSPS) is 13.3. The lowest BCUT2D eigenvalue weighted by atomic mass is 9.82. The maximum Gasteiger partial charge on any atom is 0.165 e. The van der Waals surface area contributed by atoms with Gasteiger partial charge < -0.3 is 9.47 Å². The van der Waals surface area contributed by atoms with Crippen LogP contribution >= 0.6 is 0 Å². The van der Waals surface area contributed by atoms with E-state index in [4.69, 9.17) is 15.3 Å². The van der Waals surface area contributed by atoms with Crippen LogP contribution in [-0.4, -0.2) is 14.2 Å². The fourth-order valence-corrected chi connectivity index (χ4v) is 1.95. The lowest BCUT2D eigenvalue weighted by molar-refractivity contribution is 0.263. The van der Waals surface area contributed by atoms with Gasteiger partial charge in [0.1, 0.15) is 0 Å². The van der Waals surface area contributed by atoms with Gasteiger partial charge in [-0.3, -0.25) is 11.3 Å². The number of hydrazine groups is 1. The third-order valence-corrected chi connectivity index (χ3v) is 2.78. The summed E-state index contributed by atoms with van der Waals surface area (Å²) in [6.45, 7) is 6.36. The summed E-state index contributed by atoms with van der Waals surface area (Å²) < 4.78 is 10.7. The van der Waals surface area contributed by atoms with Crippen LogP contribution < -0.4 is 20.7 Å². The zero-order valence-electron chi connectivity index (χ0n) is 11.2. The molecule has 0 heterocycles. The van der Waals surface area contributed by atoms with Crippen molar-refractivity contribution in [1.29, 1.82) is 0 Å². The molecule has 0 aliphatic rings. The molecular weight excluding hydrogens is 216 g/mol. The van der Waals surface area contributed by atoms with Crippen LogP contribution in [0, 0.1) is 5.41 Å². The van der Waals surface area contributed by atoms with Gasteiger partial charge in [0.05, 0.1) is 20.3 Å². The summed E-state index contributed by atoms with van der Waals surface area (Å²) in [5.41, 5.74) is 3.83. The van der Waals surface area contributed by atoms with Crippen LogP contribution in [0.2, 0.25) is 0 Å². The maximum absolute atomic E-state index is 5.66. The number of para-hydroxylation sites is 1. The molecule has 0 saturated carbocycles. The van der Waals surface area contributed by atoms with E-state index >= 15 is 0 Å². The Morgan fingerprint density at radius 2 is 1.82 bits per heavy atom. The highest BCUT2D eigenvalue weighted by Crippen LogP contribution is 2.41. The number of hydrogen-bond donors (Lipinski definition) is 2. The van der Waals surface area contributed by atoms with Crippen molar-refractivity contribution in [1.82, 2.24) is 5.43 Å². The van der Waals surface area contributed by atoms with Crippen LogP contribution in [0.25, 0.3) is 0 Å². The molecule has 1 aromatic rings. The molecule has 1 rings (SSSR count). The highest BCUT2D eigenvalue weighted by Gasteiger charge is 2.28. The van der Waals surface area contributed by atoms with Gasteiger partial charge in [-0.1, -0.05) is 32.9 Å². The third-order valence-electron chi connectivity index (χ3n) is 2.78. The molecule has 1 aromatic carbocycles. The minimum absolute atomic E-state index is 0.00690. The molecule has 0 bridgehead atoms. The van der Waals surface area contributed by atoms with E-state index in [1.54, 1.807) is 14.2 Å². The molecule has 0 radical (unpaired) electrons. The predicted molar refractivity (Wildman–Crippen MR) is 69.1 cm³/mol. The average molecular weight is 238 g/mol. The second-order valence-corrected chi connectivity index (χ2v) is 5.05. The molecule has 4 heteroatoms. The summed E-state index contributed by atoms with van der Waals surface area (Å²) in [6, 6.07) is 5.80. The number of hydrogen-bond acceptors (Lipinski definition) is 4. The molecule has 0 spiro atoms. The van der Waals surface area contributed by atoms with E-state index < -0.39 is 0 Å². The first kappa shape index (κ1) is 13.8. The van der Waals surface area contributed by atoms with E-state index in [0.717, 1.165) is 17.1 Å². The molecule has 0 aliphatic carbocycles. The van der Waals surface area contributed by atoms with E-state index in [0.29, 0.717) is 0 Å². The Morgan fingerprint density at radius 3 is 2.24 bits per heavy atom. The predicted octanol–water partition coefficient (Wildman–Crippen LogP) is 2.25. The Bertz CT molecular complexity index is 372. The Morgan fingerprint density at radius 1 is 1.18 bits per heavy atom. The zero-order valence-corrected chi connectivity index (χ0v) is 11.2. The molecule has 96 valence electrons. The van der Waals surface area contributed by atoms with Crippen LogP contribution in [-0.2, 0) is 0 Å². The lowest BCUT2D eigenvalue weighted by Gasteiger charge is -2.31. The summed E-state index contributed by atoms with van der Waals surface area (Å²) in [4.78, 5) is 0. The molecule has 0 fully saturated rings. The van der Waals surface area contributed by atoms with E-state index in [1.165, 1.54) is 0 Å². The van der Waals surface area contributed by atoms with Gasteiger partial charge >= 0.3 is 0 Å². The summed E-state index contributed by atoms with van der Waals surface area (Å²) in [7, 11) is 3.27. The average Bonchev–Trinajstić information content (AvgIpc) is 2.27. The molecule has 0 aliphatic heterocycles. The van der Waals surface area contributed by atoms with E-state index in [9.17, 15) is 0 Å². The standard InChI is InChI=1S/C13H22N2O2/c1-13(2,3)12(15-14)9-7-6-8-10(16-4)11(9)17-5/h6-8,12,15H,14H2,1-5H3. The molecule has 3 N–H and O–H groups in total. The van der Waals surface area contributed by atoms with Crippen molar-refractivity contribution < 1.29 is 9.47 Å². The first-order valence-electron chi connectivity index (χ1n) is 5.62. The van der Waals surface area contributed by atoms with Crippen LogP contribution in [0.15, 0.2) is 18.2 Å². The van der Waals surface area contributed by atoms with Crippen molar-refractivity contribution in [2.24, 2.45) is 11.3 Å². The van der Waals surface area contributed by atoms with Gasteiger partial charge in [0.2, 0.25) is 0 Å². The van der Waals surface area contributed by atoms with Crippen LogP contribution in [0.4, 0.5) is 0 Å². The fourth-order valence-electron chi connectivity index (χ4n) is 1.95. The van der Waals surface area contributed by atoms with Crippen LogP contribution in [0.1, 0.15) is 32.4 Å². The lowest BCUT2D eigenvalue weighted by Crippen LogP contribution is -2.37. The highest BCUT2D eigenvalue weighted by molar-refractivity contribution is 5.48. The number of nitrogens with two attached hydrogens (primary N) is 1. The van der Waals surface area contributed by atoms with Crippen LogP contribution in [0.3, 0.4) is 0 Å². The third kappa shape index (κ3) is 2.90. The van der Waals surface area contributed by atoms with E-state index in [1.807, 2.05) is 18.2 Å². The first-order valence-corrected chi connectivity index (χ1v) is 5.62. The van der Waals surface area contributed by atoms with Gasteiger partial charge in [-0.2, -0.15) is 0 Å². The maximum atomic E-state index is 5.66. The largest absolute Gasteiger partial charge is 0.493 e. The Balaban J connectivity index is 3.29. The molecule has 0 aromatic heterocycles. The van der Waals surface area contributed by atoms with Gasteiger partial charge in [0, 0.05) is 5.56 Å². The SMILES string of the molecule is COc1cccc(C(NN)C(C)(C)C)c1OC. The fraction of sp³-hybridized carbons (Fsp3) is 0.538. The number of benzene rings is 1. The summed E-state index contributed by atoms with van der Waals surface area (Å²) >= 11 is 0. The second kappa shape index (κ2) is 5.38. The first-order chi connectivity index (χ1) is 7.95. The number of methoxy groups -OCH3 is 2. The minimum atomic E-state index is -0.0194. The van der Waals surface area contributed by atoms with Gasteiger partial charge in [-0.15, -0.1) is 0 Å². The van der Waals surface area contributed by atoms with Gasteiger partial charge in [0.25, 0.3) is 0 Å². The highest BCUT2D eigenvalue weighted by atomic mass is 16.5. The molecule has 1 atom stereocenters. The molecule has 0 amide bonds. The van der Waals surface area contributed by atoms with Crippen molar-refractivity contribution in [3.63, 3.8) is 0 Å². The van der Waals surface area contributed by atoms with Crippen LogP contribution in [0.5, 0.6) is 11.5 Å². The van der Waals surface area contributed by atoms with Crippen molar-refractivity contribution in [3.05, 3.63) is 23.8 Å². The van der Waals surface area contributed by atoms with Gasteiger partial charge in [-0.05, 0) is 11.5 Å². The summed E-state index contributed by atoms with van der Waals surface area (Å²) in [5, 5.41) is 0. The van der Waals surface area contributed by atoms with Crippen molar-refractivity contribution in [2.45, 2.75) is 26.8 Å². The molecule has 0 saturated heterocycles. The minimum Gasteiger partial charge on any atom is -0.493 e. The van der Waals surface area contributed by atoms with E-state index in [2.05, 4.69) is 26.2 Å². The second-order valence-electron chi connectivity index (χ2n) is 5.05. The smallest absolute Gasteiger partial charge is 0.165 e. The van der Waals surface area contributed by atoms with Gasteiger partial charge in [0.15, 0.2) is 11.5 Å². The number of ether oxygens (including phenoxy) is 2. The van der Waals surface area contributed by atoms with E-state index in [-0.39, 0.29) is 11.5 Å². The topological polar surface area (TPSA) is 56.5 Å². The quantitative estimate of drug-likeness (QED) is 0.624. The summed E-state index contributed by atoms with van der Waals surface area (Å²) in [5.74, 6) is 7.11. The zero-order chi connectivity index (χ0) is 13.1. The molecular formula is C13H22N2O2. The Hall–Kier alpha value is -1.26. The van der Waals surface area contributed by atoms with Crippen molar-refractivity contribution >= 4 is 0 Å². The number of nitrogens with one attached hydrogen (secondary N) is 1. The number of rotatable bonds is 4. The van der Waals surface area contributed by atoms with Gasteiger partial charge in [-0.25, -0.2) is 0 Å². The van der Waals surface area contributed by atoms with Crippen molar-refractivity contribution in [2.75, 3.05) is 14.2 Å². The molecule has 17 heavy (non-hydrogen) atoms. The van der Waals surface area contributed by atoms with Crippen molar-refractivity contribution in [3.8, 4) is 11.5 Å². The molecule has 1 unspecified atom stereocenters. The summed E-state index contributed by atoms with van der Waals surface area (Å²) in [6.07, 6.45) is 0. The monoisotopic (exact) mass is 238 g/mol.